The third-order valence-corrected chi connectivity index (χ3v) is 3.15. The number of methoxy groups -OCH3 is 2. The fraction of sp³-hybridized carbons (Fsp3) is 0.500. The Kier molecular flexibility index (Phi) is 4.20. The molecule has 0 N–H and O–H groups in total. The predicted molar refractivity (Wildman–Crippen MR) is 67.5 cm³/mol. The van der Waals surface area contributed by atoms with E-state index in [0.717, 1.165) is 19.3 Å². The molecule has 1 aromatic rings. The highest BCUT2D eigenvalue weighted by molar-refractivity contribution is 6.02. The molecule has 0 aromatic heterocycles. The lowest BCUT2D eigenvalue weighted by Crippen LogP contribution is -2.28. The molecule has 1 fully saturated rings. The van der Waals surface area contributed by atoms with Gasteiger partial charge in [0.2, 0.25) is 0 Å². The van der Waals surface area contributed by atoms with Gasteiger partial charge in [-0.3, -0.25) is 4.79 Å². The van der Waals surface area contributed by atoms with Crippen LogP contribution in [-0.4, -0.2) is 32.7 Å². The summed E-state index contributed by atoms with van der Waals surface area (Å²) in [6, 6.07) is 5.21. The molecule has 1 aromatic carbocycles. The quantitative estimate of drug-likeness (QED) is 0.770. The minimum Gasteiger partial charge on any atom is -0.497 e. The molecule has 1 aliphatic rings. The smallest absolute Gasteiger partial charge is 0.195 e. The van der Waals surface area contributed by atoms with Crippen LogP contribution in [0.2, 0.25) is 0 Å². The first-order valence-corrected chi connectivity index (χ1v) is 6.14. The lowest BCUT2D eigenvalue weighted by atomic mass is 9.99. The third kappa shape index (κ3) is 2.64. The van der Waals surface area contributed by atoms with E-state index in [1.54, 1.807) is 32.4 Å². The van der Waals surface area contributed by atoms with Crippen LogP contribution in [-0.2, 0) is 4.74 Å². The van der Waals surface area contributed by atoms with E-state index < -0.39 is 0 Å². The average molecular weight is 250 g/mol. The normalized spacial score (nSPS) is 19.3. The van der Waals surface area contributed by atoms with Gasteiger partial charge >= 0.3 is 0 Å². The molecule has 2 rings (SSSR count). The molecular weight excluding hydrogens is 232 g/mol. The Balaban J connectivity index is 2.23. The monoisotopic (exact) mass is 250 g/mol. The van der Waals surface area contributed by atoms with Crippen LogP contribution in [0.15, 0.2) is 18.2 Å². The summed E-state index contributed by atoms with van der Waals surface area (Å²) < 4.78 is 15.9. The summed E-state index contributed by atoms with van der Waals surface area (Å²) in [5.74, 6) is 1.20. The van der Waals surface area contributed by atoms with E-state index in [0.29, 0.717) is 23.7 Å². The van der Waals surface area contributed by atoms with Crippen molar-refractivity contribution in [1.29, 1.82) is 0 Å². The summed E-state index contributed by atoms with van der Waals surface area (Å²) in [5, 5.41) is 0. The molecule has 0 bridgehead atoms. The fourth-order valence-electron chi connectivity index (χ4n) is 2.12. The molecule has 0 amide bonds. The van der Waals surface area contributed by atoms with Gasteiger partial charge in [-0.1, -0.05) is 0 Å². The van der Waals surface area contributed by atoms with E-state index in [9.17, 15) is 4.79 Å². The van der Waals surface area contributed by atoms with Crippen molar-refractivity contribution < 1.29 is 19.0 Å². The molecule has 4 heteroatoms. The van der Waals surface area contributed by atoms with E-state index in [2.05, 4.69) is 0 Å². The van der Waals surface area contributed by atoms with E-state index in [-0.39, 0.29) is 11.9 Å². The highest BCUT2D eigenvalue weighted by Gasteiger charge is 2.25. The molecule has 1 unspecified atom stereocenters. The van der Waals surface area contributed by atoms with Crippen LogP contribution in [0.3, 0.4) is 0 Å². The first kappa shape index (κ1) is 12.9. The van der Waals surface area contributed by atoms with Gasteiger partial charge < -0.3 is 14.2 Å². The number of ether oxygens (including phenoxy) is 3. The number of hydrogen-bond donors (Lipinski definition) is 0. The fourth-order valence-corrected chi connectivity index (χ4v) is 2.12. The van der Waals surface area contributed by atoms with Crippen LogP contribution in [0, 0.1) is 0 Å². The van der Waals surface area contributed by atoms with Crippen LogP contribution in [0.1, 0.15) is 29.6 Å². The van der Waals surface area contributed by atoms with Gasteiger partial charge in [0.05, 0.1) is 19.8 Å². The lowest BCUT2D eigenvalue weighted by Gasteiger charge is -2.22. The Bertz CT molecular complexity index is 422. The van der Waals surface area contributed by atoms with Crippen molar-refractivity contribution in [3.05, 3.63) is 23.8 Å². The number of carbonyl (C=O) groups excluding carboxylic acids is 1. The maximum Gasteiger partial charge on any atom is 0.195 e. The molecule has 0 spiro atoms. The molecule has 0 saturated carbocycles. The molecule has 0 radical (unpaired) electrons. The zero-order valence-corrected chi connectivity index (χ0v) is 10.8. The zero-order valence-electron chi connectivity index (χ0n) is 10.8. The first-order valence-electron chi connectivity index (χ1n) is 6.14. The number of rotatable bonds is 4. The maximum absolute atomic E-state index is 12.3. The van der Waals surface area contributed by atoms with Crippen molar-refractivity contribution in [1.82, 2.24) is 0 Å². The van der Waals surface area contributed by atoms with Gasteiger partial charge in [-0.25, -0.2) is 0 Å². The van der Waals surface area contributed by atoms with Gasteiger partial charge in [0.1, 0.15) is 17.6 Å². The van der Waals surface area contributed by atoms with Gasteiger partial charge in [-0.05, 0) is 31.4 Å². The van der Waals surface area contributed by atoms with E-state index in [1.165, 1.54) is 0 Å². The molecule has 98 valence electrons. The minimum atomic E-state index is -0.332. The van der Waals surface area contributed by atoms with Crippen molar-refractivity contribution in [2.45, 2.75) is 25.4 Å². The minimum absolute atomic E-state index is 0.00537. The van der Waals surface area contributed by atoms with Crippen LogP contribution >= 0.6 is 0 Å². The summed E-state index contributed by atoms with van der Waals surface area (Å²) in [5.41, 5.74) is 0.560. The standard InChI is InChI=1S/C14H18O4/c1-16-10-6-7-11(13(9-10)17-2)14(15)12-5-3-4-8-18-12/h6-7,9,12H,3-5,8H2,1-2H3. The number of ketones is 1. The van der Waals surface area contributed by atoms with E-state index >= 15 is 0 Å². The van der Waals surface area contributed by atoms with Crippen molar-refractivity contribution in [2.75, 3.05) is 20.8 Å². The molecule has 1 heterocycles. The molecule has 4 nitrogen and oxygen atoms in total. The molecule has 1 aliphatic heterocycles. The van der Waals surface area contributed by atoms with Crippen LogP contribution in [0.25, 0.3) is 0 Å². The average Bonchev–Trinajstić information content (AvgIpc) is 2.46. The molecule has 1 atom stereocenters. The predicted octanol–water partition coefficient (Wildman–Crippen LogP) is 2.46. The Labute approximate surface area is 107 Å². The molecular formula is C14H18O4. The Hall–Kier alpha value is -1.55. The van der Waals surface area contributed by atoms with E-state index in [4.69, 9.17) is 14.2 Å². The molecule has 0 aliphatic carbocycles. The number of hydrogen-bond acceptors (Lipinski definition) is 4. The van der Waals surface area contributed by atoms with Crippen LogP contribution in [0.4, 0.5) is 0 Å². The SMILES string of the molecule is COc1ccc(C(=O)C2CCCCO2)c(OC)c1. The van der Waals surface area contributed by atoms with Crippen molar-refractivity contribution in [2.24, 2.45) is 0 Å². The Morgan fingerprint density at radius 1 is 1.28 bits per heavy atom. The van der Waals surface area contributed by atoms with Gasteiger partial charge in [0.15, 0.2) is 5.78 Å². The highest BCUT2D eigenvalue weighted by atomic mass is 16.5. The lowest BCUT2D eigenvalue weighted by molar-refractivity contribution is 0.0184. The number of benzene rings is 1. The third-order valence-electron chi connectivity index (χ3n) is 3.15. The van der Waals surface area contributed by atoms with Crippen LogP contribution in [0.5, 0.6) is 11.5 Å². The van der Waals surface area contributed by atoms with Gasteiger partial charge in [-0.15, -0.1) is 0 Å². The summed E-state index contributed by atoms with van der Waals surface area (Å²) in [6.45, 7) is 0.662. The van der Waals surface area contributed by atoms with Gasteiger partial charge in [0.25, 0.3) is 0 Å². The van der Waals surface area contributed by atoms with Crippen molar-refractivity contribution in [3.63, 3.8) is 0 Å². The Morgan fingerprint density at radius 3 is 2.72 bits per heavy atom. The summed E-state index contributed by atoms with van der Waals surface area (Å²) in [6.07, 6.45) is 2.52. The van der Waals surface area contributed by atoms with Crippen molar-refractivity contribution in [3.8, 4) is 11.5 Å². The summed E-state index contributed by atoms with van der Waals surface area (Å²) in [7, 11) is 3.13. The molecule has 1 saturated heterocycles. The molecule has 18 heavy (non-hydrogen) atoms. The zero-order chi connectivity index (χ0) is 13.0. The summed E-state index contributed by atoms with van der Waals surface area (Å²) >= 11 is 0. The maximum atomic E-state index is 12.3. The van der Waals surface area contributed by atoms with Gasteiger partial charge in [-0.2, -0.15) is 0 Å². The number of carbonyl (C=O) groups is 1. The Morgan fingerprint density at radius 2 is 2.11 bits per heavy atom. The summed E-state index contributed by atoms with van der Waals surface area (Å²) in [4.78, 5) is 12.3. The second-order valence-corrected chi connectivity index (χ2v) is 4.29. The van der Waals surface area contributed by atoms with Crippen LogP contribution < -0.4 is 9.47 Å². The first-order chi connectivity index (χ1) is 8.76. The second-order valence-electron chi connectivity index (χ2n) is 4.29. The second kappa shape index (κ2) is 5.87. The topological polar surface area (TPSA) is 44.8 Å². The largest absolute Gasteiger partial charge is 0.497 e. The van der Waals surface area contributed by atoms with E-state index in [1.807, 2.05) is 0 Å². The van der Waals surface area contributed by atoms with Gasteiger partial charge in [0, 0.05) is 12.7 Å². The highest BCUT2D eigenvalue weighted by Crippen LogP contribution is 2.27. The van der Waals surface area contributed by atoms with Crippen molar-refractivity contribution >= 4 is 5.78 Å². The number of Topliss-reactive ketones (excluding diaryl/α,β-unsaturated/α-hetero) is 1.